The molecule has 2 aromatic rings. The van der Waals surface area contributed by atoms with E-state index in [0.717, 1.165) is 9.13 Å². The first kappa shape index (κ1) is 22.8. The standard InChI is InChI=1S/C20H21Cl2IN2O3/c1-3-18(20(27)24-2)25(11-13-4-9-16(21)17(22)10-13)19(26)12-28-15-7-5-14(23)6-8-15/h4-10,18H,3,11-12H2,1-2H3,(H,24,27)/t18-/m1/s1. The van der Waals surface area contributed by atoms with Crippen molar-refractivity contribution in [3.05, 3.63) is 61.6 Å². The van der Waals surface area contributed by atoms with Crippen LogP contribution in [-0.2, 0) is 16.1 Å². The topological polar surface area (TPSA) is 58.6 Å². The number of carbonyl (C=O) groups excluding carboxylic acids is 2. The molecule has 0 bridgehead atoms. The van der Waals surface area contributed by atoms with E-state index in [2.05, 4.69) is 27.9 Å². The zero-order chi connectivity index (χ0) is 20.7. The number of hydrogen-bond donors (Lipinski definition) is 1. The van der Waals surface area contributed by atoms with Gasteiger partial charge in [-0.2, -0.15) is 0 Å². The summed E-state index contributed by atoms with van der Waals surface area (Å²) in [4.78, 5) is 26.7. The first-order valence-corrected chi connectivity index (χ1v) is 10.5. The van der Waals surface area contributed by atoms with Crippen LogP contribution >= 0.6 is 45.8 Å². The molecule has 5 nitrogen and oxygen atoms in total. The third-order valence-electron chi connectivity index (χ3n) is 4.15. The number of halogens is 3. The van der Waals surface area contributed by atoms with Crippen LogP contribution in [0.4, 0.5) is 0 Å². The second-order valence-corrected chi connectivity index (χ2v) is 8.11. The highest BCUT2D eigenvalue weighted by Gasteiger charge is 2.28. The fraction of sp³-hybridized carbons (Fsp3) is 0.300. The Labute approximate surface area is 188 Å². The van der Waals surface area contributed by atoms with Gasteiger partial charge in [-0.15, -0.1) is 0 Å². The number of ether oxygens (including phenoxy) is 1. The molecule has 0 aliphatic heterocycles. The Balaban J connectivity index is 2.20. The Bertz CT molecular complexity index is 831. The minimum absolute atomic E-state index is 0.171. The predicted molar refractivity (Wildman–Crippen MR) is 120 cm³/mol. The maximum absolute atomic E-state index is 12.9. The number of rotatable bonds is 8. The van der Waals surface area contributed by atoms with Gasteiger partial charge in [0.15, 0.2) is 6.61 Å². The van der Waals surface area contributed by atoms with Crippen molar-refractivity contribution >= 4 is 57.6 Å². The van der Waals surface area contributed by atoms with Crippen LogP contribution in [0.1, 0.15) is 18.9 Å². The molecule has 0 spiro atoms. The molecule has 0 heterocycles. The van der Waals surface area contributed by atoms with Crippen LogP contribution in [0.25, 0.3) is 0 Å². The van der Waals surface area contributed by atoms with Gasteiger partial charge >= 0.3 is 0 Å². The average molecular weight is 535 g/mol. The summed E-state index contributed by atoms with van der Waals surface area (Å²) in [6.07, 6.45) is 0.469. The zero-order valence-electron chi connectivity index (χ0n) is 15.5. The van der Waals surface area contributed by atoms with E-state index >= 15 is 0 Å². The summed E-state index contributed by atoms with van der Waals surface area (Å²) in [6.45, 7) is 1.90. The molecule has 8 heteroatoms. The first-order valence-electron chi connectivity index (χ1n) is 8.69. The molecule has 0 saturated heterocycles. The van der Waals surface area contributed by atoms with Crippen LogP contribution in [0.3, 0.4) is 0 Å². The van der Waals surface area contributed by atoms with Gasteiger partial charge in [0.2, 0.25) is 5.91 Å². The molecule has 0 aromatic heterocycles. The van der Waals surface area contributed by atoms with Gasteiger partial charge in [-0.25, -0.2) is 0 Å². The number of nitrogens with one attached hydrogen (secondary N) is 1. The molecule has 2 amide bonds. The molecule has 2 aromatic carbocycles. The molecule has 0 unspecified atom stereocenters. The smallest absolute Gasteiger partial charge is 0.261 e. The van der Waals surface area contributed by atoms with E-state index in [1.54, 1.807) is 37.4 Å². The van der Waals surface area contributed by atoms with Crippen LogP contribution in [-0.4, -0.2) is 36.4 Å². The molecule has 0 aliphatic rings. The van der Waals surface area contributed by atoms with Gasteiger partial charge in [0.1, 0.15) is 11.8 Å². The van der Waals surface area contributed by atoms with Gasteiger partial charge in [0.05, 0.1) is 10.0 Å². The molecular formula is C20H21Cl2IN2O3. The summed E-state index contributed by atoms with van der Waals surface area (Å²) in [5.41, 5.74) is 0.777. The molecule has 28 heavy (non-hydrogen) atoms. The van der Waals surface area contributed by atoms with E-state index in [1.807, 2.05) is 19.1 Å². The van der Waals surface area contributed by atoms with Crippen molar-refractivity contribution in [2.75, 3.05) is 13.7 Å². The van der Waals surface area contributed by atoms with Gasteiger partial charge in [-0.3, -0.25) is 9.59 Å². The van der Waals surface area contributed by atoms with Crippen LogP contribution < -0.4 is 10.1 Å². The third kappa shape index (κ3) is 6.25. The number of carbonyl (C=O) groups is 2. The van der Waals surface area contributed by atoms with E-state index in [4.69, 9.17) is 27.9 Å². The second-order valence-electron chi connectivity index (χ2n) is 6.05. The monoisotopic (exact) mass is 534 g/mol. The highest BCUT2D eigenvalue weighted by Crippen LogP contribution is 2.24. The minimum atomic E-state index is -0.618. The molecule has 1 atom stereocenters. The second kappa shape index (κ2) is 10.9. The highest BCUT2D eigenvalue weighted by atomic mass is 127. The molecule has 2 rings (SSSR count). The van der Waals surface area contributed by atoms with Crippen molar-refractivity contribution in [1.82, 2.24) is 10.2 Å². The van der Waals surface area contributed by atoms with Gasteiger partial charge in [0, 0.05) is 17.2 Å². The number of hydrogen-bond acceptors (Lipinski definition) is 3. The molecule has 0 saturated carbocycles. The molecule has 0 radical (unpaired) electrons. The lowest BCUT2D eigenvalue weighted by atomic mass is 10.1. The zero-order valence-corrected chi connectivity index (χ0v) is 19.2. The molecule has 150 valence electrons. The number of nitrogens with zero attached hydrogens (tertiary/aromatic N) is 1. The Kier molecular flexibility index (Phi) is 8.85. The van der Waals surface area contributed by atoms with E-state index in [-0.39, 0.29) is 25.0 Å². The number of benzene rings is 2. The van der Waals surface area contributed by atoms with E-state index in [0.29, 0.717) is 22.2 Å². The number of amides is 2. The normalized spacial score (nSPS) is 11.6. The summed E-state index contributed by atoms with van der Waals surface area (Å²) in [6, 6.07) is 11.9. The quantitative estimate of drug-likeness (QED) is 0.506. The van der Waals surface area contributed by atoms with Gasteiger partial charge in [-0.1, -0.05) is 36.2 Å². The van der Waals surface area contributed by atoms with E-state index in [9.17, 15) is 9.59 Å². The van der Waals surface area contributed by atoms with Crippen molar-refractivity contribution in [1.29, 1.82) is 0 Å². The SMILES string of the molecule is CC[C@H](C(=O)NC)N(Cc1ccc(Cl)c(Cl)c1)C(=O)COc1ccc(I)cc1. The van der Waals surface area contributed by atoms with Gasteiger partial charge in [-0.05, 0) is 71.0 Å². The fourth-order valence-electron chi connectivity index (χ4n) is 2.68. The van der Waals surface area contributed by atoms with Crippen molar-refractivity contribution in [3.8, 4) is 5.75 Å². The summed E-state index contributed by atoms with van der Waals surface area (Å²) in [5.74, 6) is 0.0708. The molecule has 0 fully saturated rings. The summed E-state index contributed by atoms with van der Waals surface area (Å²) in [5, 5.41) is 3.45. The highest BCUT2D eigenvalue weighted by molar-refractivity contribution is 14.1. The van der Waals surface area contributed by atoms with Crippen molar-refractivity contribution in [2.45, 2.75) is 25.9 Å². The maximum Gasteiger partial charge on any atom is 0.261 e. The van der Waals surface area contributed by atoms with Crippen molar-refractivity contribution in [2.24, 2.45) is 0 Å². The number of likely N-dealkylation sites (N-methyl/N-ethyl adjacent to an activating group) is 1. The van der Waals surface area contributed by atoms with Crippen LogP contribution in [0, 0.1) is 3.57 Å². The van der Waals surface area contributed by atoms with Crippen LogP contribution in [0.2, 0.25) is 10.0 Å². The summed E-state index contributed by atoms with van der Waals surface area (Å²) in [7, 11) is 1.55. The van der Waals surface area contributed by atoms with E-state index < -0.39 is 6.04 Å². The fourth-order valence-corrected chi connectivity index (χ4v) is 3.36. The van der Waals surface area contributed by atoms with Gasteiger partial charge < -0.3 is 15.0 Å². The Hall–Kier alpha value is -1.51. The lowest BCUT2D eigenvalue weighted by Gasteiger charge is -2.30. The molecule has 1 N–H and O–H groups in total. The van der Waals surface area contributed by atoms with Crippen molar-refractivity contribution < 1.29 is 14.3 Å². The van der Waals surface area contributed by atoms with Crippen LogP contribution in [0.5, 0.6) is 5.75 Å². The summed E-state index contributed by atoms with van der Waals surface area (Å²) < 4.78 is 6.69. The van der Waals surface area contributed by atoms with Crippen molar-refractivity contribution in [3.63, 3.8) is 0 Å². The minimum Gasteiger partial charge on any atom is -0.484 e. The van der Waals surface area contributed by atoms with Gasteiger partial charge in [0.25, 0.3) is 5.91 Å². The lowest BCUT2D eigenvalue weighted by molar-refractivity contribution is -0.142. The molecular weight excluding hydrogens is 514 g/mol. The first-order chi connectivity index (χ1) is 13.3. The Morgan fingerprint density at radius 1 is 1.14 bits per heavy atom. The van der Waals surface area contributed by atoms with E-state index in [1.165, 1.54) is 4.90 Å². The Morgan fingerprint density at radius 2 is 1.82 bits per heavy atom. The third-order valence-corrected chi connectivity index (χ3v) is 5.60. The summed E-state index contributed by atoms with van der Waals surface area (Å²) >= 11 is 14.3. The average Bonchev–Trinajstić information content (AvgIpc) is 2.69. The predicted octanol–water partition coefficient (Wildman–Crippen LogP) is 4.53. The molecule has 0 aliphatic carbocycles. The maximum atomic E-state index is 12.9. The largest absolute Gasteiger partial charge is 0.484 e. The Morgan fingerprint density at radius 3 is 2.39 bits per heavy atom. The van der Waals surface area contributed by atoms with Crippen LogP contribution in [0.15, 0.2) is 42.5 Å². The lowest BCUT2D eigenvalue weighted by Crippen LogP contribution is -2.49.